The summed E-state index contributed by atoms with van der Waals surface area (Å²) in [6.07, 6.45) is 7.24. The van der Waals surface area contributed by atoms with Gasteiger partial charge in [0.05, 0.1) is 0 Å². The van der Waals surface area contributed by atoms with Crippen LogP contribution >= 0.6 is 95.6 Å². The van der Waals surface area contributed by atoms with Crippen LogP contribution in [0.5, 0.6) is 0 Å². The average Bonchev–Trinajstić information content (AvgIpc) is 2.36. The van der Waals surface area contributed by atoms with E-state index in [1.54, 1.807) is 0 Å². The molecule has 0 bridgehead atoms. The highest BCUT2D eigenvalue weighted by molar-refractivity contribution is 9.13. The first-order valence-electron chi connectivity index (χ1n) is 6.26. The number of hydrogen-bond acceptors (Lipinski definition) is 0. The molecule has 0 heterocycles. The molecule has 6 heteroatoms. The maximum atomic E-state index is 3.82. The zero-order valence-corrected chi connectivity index (χ0v) is 19.5. The van der Waals surface area contributed by atoms with Crippen LogP contribution in [0, 0.1) is 0 Å². The zero-order chi connectivity index (χ0) is 13.7. The number of halogens is 6. The first-order valence-corrected chi connectivity index (χ1v) is 11.8. The van der Waals surface area contributed by atoms with Crippen LogP contribution in [0.4, 0.5) is 0 Å². The van der Waals surface area contributed by atoms with Crippen molar-refractivity contribution in [2.45, 2.75) is 67.5 Å². The minimum atomic E-state index is 0.560. The summed E-state index contributed by atoms with van der Waals surface area (Å²) in [7, 11) is 0. The minimum absolute atomic E-state index is 0.560. The number of alkyl halides is 6. The molecule has 0 N–H and O–H groups in total. The Bertz CT molecular complexity index is 175. The van der Waals surface area contributed by atoms with Crippen LogP contribution in [0.3, 0.4) is 0 Å². The molecule has 108 valence electrons. The van der Waals surface area contributed by atoms with E-state index in [1.807, 2.05) is 0 Å². The molecule has 0 aromatic carbocycles. The van der Waals surface area contributed by atoms with Crippen LogP contribution in [0.1, 0.15) is 38.5 Å². The number of rotatable bonds is 0. The van der Waals surface area contributed by atoms with Crippen molar-refractivity contribution in [1.29, 1.82) is 0 Å². The van der Waals surface area contributed by atoms with Crippen molar-refractivity contribution in [1.82, 2.24) is 0 Å². The molecule has 0 saturated heterocycles. The topological polar surface area (TPSA) is 0 Å². The molecule has 0 aliphatic heterocycles. The second kappa shape index (κ2) is 9.81. The summed E-state index contributed by atoms with van der Waals surface area (Å²) in [6, 6.07) is 0. The summed E-state index contributed by atoms with van der Waals surface area (Å²) in [6.45, 7) is 0. The SMILES string of the molecule is BrC1CC[C@@H](Br)[C@H](Br)CC[C@@H](Br)[C@H](Br)CC[C@@H]1Br. The van der Waals surface area contributed by atoms with Crippen molar-refractivity contribution < 1.29 is 0 Å². The molecule has 1 rings (SSSR count). The van der Waals surface area contributed by atoms with Gasteiger partial charge in [-0.2, -0.15) is 0 Å². The molecule has 0 nitrogen and oxygen atoms in total. The van der Waals surface area contributed by atoms with Crippen LogP contribution < -0.4 is 0 Å². The molecule has 1 saturated carbocycles. The third kappa shape index (κ3) is 6.76. The molecule has 1 aliphatic carbocycles. The van der Waals surface area contributed by atoms with Gasteiger partial charge in [0.25, 0.3) is 0 Å². The normalized spacial score (nSPS) is 45.0. The highest BCUT2D eigenvalue weighted by Gasteiger charge is 2.25. The first-order chi connectivity index (χ1) is 8.41. The van der Waals surface area contributed by atoms with E-state index in [-0.39, 0.29) is 0 Å². The van der Waals surface area contributed by atoms with E-state index in [4.69, 9.17) is 0 Å². The molecular formula is C12H18Br6. The van der Waals surface area contributed by atoms with Crippen LogP contribution in [0.25, 0.3) is 0 Å². The molecule has 6 atom stereocenters. The van der Waals surface area contributed by atoms with E-state index < -0.39 is 0 Å². The summed E-state index contributed by atoms with van der Waals surface area (Å²) in [4.78, 5) is 3.36. The van der Waals surface area contributed by atoms with Gasteiger partial charge in [-0.25, -0.2) is 0 Å². The lowest BCUT2D eigenvalue weighted by Crippen LogP contribution is -2.25. The lowest BCUT2D eigenvalue weighted by atomic mass is 10.0. The fraction of sp³-hybridized carbons (Fsp3) is 1.00. The number of hydrogen-bond donors (Lipinski definition) is 0. The van der Waals surface area contributed by atoms with E-state index in [0.717, 1.165) is 0 Å². The van der Waals surface area contributed by atoms with E-state index in [0.29, 0.717) is 29.0 Å². The molecule has 0 aromatic rings. The molecule has 0 aromatic heterocycles. The summed E-state index contributed by atoms with van der Waals surface area (Å²) in [5, 5.41) is 0. The Balaban J connectivity index is 2.61. The van der Waals surface area contributed by atoms with Crippen molar-refractivity contribution in [2.24, 2.45) is 0 Å². The Labute approximate surface area is 161 Å². The lowest BCUT2D eigenvalue weighted by molar-refractivity contribution is 0.557. The Kier molecular flexibility index (Phi) is 10.3. The van der Waals surface area contributed by atoms with Crippen LogP contribution in [-0.4, -0.2) is 29.0 Å². The second-order valence-electron chi connectivity index (χ2n) is 4.83. The van der Waals surface area contributed by atoms with Gasteiger partial charge in [0, 0.05) is 29.0 Å². The third-order valence-corrected chi connectivity index (χ3v) is 12.0. The van der Waals surface area contributed by atoms with Crippen molar-refractivity contribution in [2.75, 3.05) is 0 Å². The van der Waals surface area contributed by atoms with Gasteiger partial charge in [0.1, 0.15) is 0 Å². The maximum Gasteiger partial charge on any atom is 0.0271 e. The van der Waals surface area contributed by atoms with E-state index >= 15 is 0 Å². The minimum Gasteiger partial charge on any atom is -0.0879 e. The first kappa shape index (κ1) is 18.9. The van der Waals surface area contributed by atoms with Gasteiger partial charge in [0.15, 0.2) is 0 Å². The summed E-state index contributed by atoms with van der Waals surface area (Å²) < 4.78 is 0. The summed E-state index contributed by atoms with van der Waals surface area (Å²) in [5.41, 5.74) is 0. The quantitative estimate of drug-likeness (QED) is 0.252. The molecular weight excluding hydrogens is 624 g/mol. The molecule has 0 amide bonds. The van der Waals surface area contributed by atoms with Crippen LogP contribution in [0.2, 0.25) is 0 Å². The Morgan fingerprint density at radius 2 is 0.444 bits per heavy atom. The van der Waals surface area contributed by atoms with Crippen LogP contribution in [0.15, 0.2) is 0 Å². The second-order valence-corrected chi connectivity index (χ2v) is 11.9. The van der Waals surface area contributed by atoms with Crippen molar-refractivity contribution in [3.8, 4) is 0 Å². The van der Waals surface area contributed by atoms with Gasteiger partial charge >= 0.3 is 0 Å². The van der Waals surface area contributed by atoms with Crippen molar-refractivity contribution >= 4 is 95.6 Å². The highest BCUT2D eigenvalue weighted by Crippen LogP contribution is 2.34. The van der Waals surface area contributed by atoms with Gasteiger partial charge < -0.3 is 0 Å². The molecule has 0 radical (unpaired) electrons. The molecule has 18 heavy (non-hydrogen) atoms. The van der Waals surface area contributed by atoms with Gasteiger partial charge in [-0.1, -0.05) is 95.6 Å². The zero-order valence-electron chi connectivity index (χ0n) is 9.97. The fourth-order valence-corrected chi connectivity index (χ4v) is 5.21. The predicted molar refractivity (Wildman–Crippen MR) is 104 cm³/mol. The molecule has 0 spiro atoms. The highest BCUT2D eigenvalue weighted by atomic mass is 79.9. The Hall–Kier alpha value is 2.88. The van der Waals surface area contributed by atoms with Crippen LogP contribution in [-0.2, 0) is 0 Å². The van der Waals surface area contributed by atoms with Crippen molar-refractivity contribution in [3.63, 3.8) is 0 Å². The van der Waals surface area contributed by atoms with Gasteiger partial charge in [-0.15, -0.1) is 0 Å². The monoisotopic (exact) mass is 636 g/mol. The molecule has 1 fully saturated rings. The van der Waals surface area contributed by atoms with E-state index in [2.05, 4.69) is 95.6 Å². The largest absolute Gasteiger partial charge is 0.0879 e. The third-order valence-electron chi connectivity index (χ3n) is 3.33. The Morgan fingerprint density at radius 1 is 0.333 bits per heavy atom. The lowest BCUT2D eigenvalue weighted by Gasteiger charge is -2.25. The summed E-state index contributed by atoms with van der Waals surface area (Å²) in [5.74, 6) is 0. The van der Waals surface area contributed by atoms with E-state index in [1.165, 1.54) is 38.5 Å². The fourth-order valence-electron chi connectivity index (χ4n) is 2.04. The smallest absolute Gasteiger partial charge is 0.0271 e. The standard InChI is InChI=1S/C12H18Br6/c13-7-1-2-8(14)10(16)5-6-12(18)11(17)4-3-9(7)15/h7-12H,1-6H2/t7-,8-,9-,10-,11+,12?/m1/s1. The molecule has 1 aliphatic rings. The van der Waals surface area contributed by atoms with Gasteiger partial charge in [0.2, 0.25) is 0 Å². The Morgan fingerprint density at radius 3 is 0.556 bits per heavy atom. The van der Waals surface area contributed by atoms with Gasteiger partial charge in [-0.3, -0.25) is 0 Å². The summed E-state index contributed by atoms with van der Waals surface area (Å²) >= 11 is 22.9. The van der Waals surface area contributed by atoms with Crippen molar-refractivity contribution in [3.05, 3.63) is 0 Å². The molecule has 1 unspecified atom stereocenters. The maximum absolute atomic E-state index is 3.82. The van der Waals surface area contributed by atoms with E-state index in [9.17, 15) is 0 Å². The average molecular weight is 642 g/mol. The predicted octanol–water partition coefficient (Wildman–Crippen LogP) is 6.92. The van der Waals surface area contributed by atoms with Gasteiger partial charge in [-0.05, 0) is 38.5 Å².